The van der Waals surface area contributed by atoms with Crippen LogP contribution < -0.4 is 4.74 Å². The Balaban J connectivity index is 2.12. The number of rotatable bonds is 3. The Morgan fingerprint density at radius 3 is 3.00 bits per heavy atom. The average Bonchev–Trinajstić information content (AvgIpc) is 2.46. The van der Waals surface area contributed by atoms with Gasteiger partial charge < -0.3 is 9.64 Å². The van der Waals surface area contributed by atoms with Gasteiger partial charge in [0.1, 0.15) is 0 Å². The Hall–Kier alpha value is -1.10. The molecular formula is C14H17BrFNO2. The summed E-state index contributed by atoms with van der Waals surface area (Å²) < 4.78 is 18.5. The summed E-state index contributed by atoms with van der Waals surface area (Å²) in [5.41, 5.74) is 0.383. The molecule has 1 unspecified atom stereocenters. The maximum absolute atomic E-state index is 13.6. The number of halogens is 2. The lowest BCUT2D eigenvalue weighted by Crippen LogP contribution is -2.40. The first-order valence-corrected chi connectivity index (χ1v) is 7.46. The first-order valence-electron chi connectivity index (χ1n) is 6.34. The molecule has 0 N–H and O–H groups in total. The van der Waals surface area contributed by atoms with Gasteiger partial charge in [0, 0.05) is 24.0 Å². The zero-order valence-corrected chi connectivity index (χ0v) is 12.5. The average molecular weight is 330 g/mol. The number of likely N-dealkylation sites (tertiary alicyclic amines) is 1. The highest BCUT2D eigenvalue weighted by atomic mass is 79.9. The monoisotopic (exact) mass is 329 g/mol. The third-order valence-corrected chi connectivity index (χ3v) is 4.34. The van der Waals surface area contributed by atoms with Crippen molar-refractivity contribution in [3.63, 3.8) is 0 Å². The summed E-state index contributed by atoms with van der Waals surface area (Å²) in [5, 5.41) is 0.897. The van der Waals surface area contributed by atoms with Crippen LogP contribution in [0.1, 0.15) is 23.2 Å². The Morgan fingerprint density at radius 1 is 1.58 bits per heavy atom. The lowest BCUT2D eigenvalue weighted by atomic mass is 9.99. The van der Waals surface area contributed by atoms with E-state index in [4.69, 9.17) is 4.74 Å². The number of carbonyl (C=O) groups excluding carboxylic acids is 1. The van der Waals surface area contributed by atoms with Crippen molar-refractivity contribution in [2.75, 3.05) is 25.5 Å². The third kappa shape index (κ3) is 3.26. The zero-order valence-electron chi connectivity index (χ0n) is 10.9. The molecule has 3 nitrogen and oxygen atoms in total. The smallest absolute Gasteiger partial charge is 0.253 e. The molecule has 1 saturated heterocycles. The highest BCUT2D eigenvalue weighted by Crippen LogP contribution is 2.22. The van der Waals surface area contributed by atoms with Crippen LogP contribution in [0.3, 0.4) is 0 Å². The molecule has 2 rings (SSSR count). The van der Waals surface area contributed by atoms with E-state index in [-0.39, 0.29) is 11.7 Å². The molecule has 0 aliphatic carbocycles. The number of alkyl halides is 1. The first-order chi connectivity index (χ1) is 9.15. The maximum atomic E-state index is 13.6. The van der Waals surface area contributed by atoms with Crippen molar-refractivity contribution in [2.24, 2.45) is 5.92 Å². The van der Waals surface area contributed by atoms with Crippen molar-refractivity contribution >= 4 is 21.8 Å². The van der Waals surface area contributed by atoms with E-state index in [0.717, 1.165) is 31.3 Å². The van der Waals surface area contributed by atoms with E-state index in [0.29, 0.717) is 11.5 Å². The standard InChI is InChI=1S/C14H17BrFNO2/c1-19-13-5-4-11(7-12(13)16)14(18)17-6-2-3-10(8-15)9-17/h4-5,7,10H,2-3,6,8-9H2,1H3. The largest absolute Gasteiger partial charge is 0.494 e. The lowest BCUT2D eigenvalue weighted by Gasteiger charge is -2.32. The second-order valence-corrected chi connectivity index (χ2v) is 5.41. The Morgan fingerprint density at radius 2 is 2.37 bits per heavy atom. The van der Waals surface area contributed by atoms with Gasteiger partial charge in [-0.25, -0.2) is 4.39 Å². The summed E-state index contributed by atoms with van der Waals surface area (Å²) in [7, 11) is 1.41. The van der Waals surface area contributed by atoms with Crippen molar-refractivity contribution in [3.8, 4) is 5.75 Å². The Labute approximate surface area is 120 Å². The molecule has 0 aromatic heterocycles. The molecule has 1 heterocycles. The van der Waals surface area contributed by atoms with Crippen molar-refractivity contribution in [3.05, 3.63) is 29.6 Å². The molecule has 5 heteroatoms. The number of piperidine rings is 1. The van der Waals surface area contributed by atoms with Gasteiger partial charge in [0.25, 0.3) is 5.91 Å². The highest BCUT2D eigenvalue weighted by Gasteiger charge is 2.24. The minimum atomic E-state index is -0.498. The molecule has 1 aliphatic heterocycles. The van der Waals surface area contributed by atoms with Gasteiger partial charge in [0.2, 0.25) is 0 Å². The number of nitrogens with zero attached hydrogens (tertiary/aromatic N) is 1. The number of amides is 1. The summed E-state index contributed by atoms with van der Waals surface area (Å²) in [6.07, 6.45) is 2.13. The number of methoxy groups -OCH3 is 1. The third-order valence-electron chi connectivity index (χ3n) is 3.42. The molecule has 19 heavy (non-hydrogen) atoms. The first kappa shape index (κ1) is 14.3. The van der Waals surface area contributed by atoms with Crippen molar-refractivity contribution in [1.82, 2.24) is 4.90 Å². The van der Waals surface area contributed by atoms with Gasteiger partial charge in [-0.2, -0.15) is 0 Å². The van der Waals surface area contributed by atoms with Crippen molar-refractivity contribution in [1.29, 1.82) is 0 Å². The number of hydrogen-bond acceptors (Lipinski definition) is 2. The van der Waals surface area contributed by atoms with E-state index in [1.807, 2.05) is 0 Å². The summed E-state index contributed by atoms with van der Waals surface area (Å²) in [6, 6.07) is 4.36. The zero-order chi connectivity index (χ0) is 13.8. The molecule has 0 bridgehead atoms. The van der Waals surface area contributed by atoms with Gasteiger partial charge in [-0.05, 0) is 37.0 Å². The molecule has 0 saturated carbocycles. The van der Waals surface area contributed by atoms with Crippen LogP contribution in [-0.4, -0.2) is 36.3 Å². The summed E-state index contributed by atoms with van der Waals surface area (Å²) in [6.45, 7) is 1.48. The molecule has 1 aliphatic rings. The van der Waals surface area contributed by atoms with E-state index >= 15 is 0 Å². The van der Waals surface area contributed by atoms with Gasteiger partial charge in [-0.3, -0.25) is 4.79 Å². The number of benzene rings is 1. The van der Waals surface area contributed by atoms with Crippen LogP contribution in [0.15, 0.2) is 18.2 Å². The summed E-state index contributed by atoms with van der Waals surface area (Å²) in [5.74, 6) is 0.0453. The summed E-state index contributed by atoms with van der Waals surface area (Å²) in [4.78, 5) is 14.1. The summed E-state index contributed by atoms with van der Waals surface area (Å²) >= 11 is 3.46. The molecule has 104 valence electrons. The van der Waals surface area contributed by atoms with Gasteiger partial charge in [-0.1, -0.05) is 15.9 Å². The number of ether oxygens (including phenoxy) is 1. The van der Waals surface area contributed by atoms with E-state index in [1.165, 1.54) is 19.2 Å². The fourth-order valence-corrected chi connectivity index (χ4v) is 2.89. The Bertz CT molecular complexity index is 467. The second-order valence-electron chi connectivity index (χ2n) is 4.76. The van der Waals surface area contributed by atoms with E-state index in [2.05, 4.69) is 15.9 Å². The molecule has 1 amide bonds. The number of hydrogen-bond donors (Lipinski definition) is 0. The minimum absolute atomic E-state index is 0.104. The molecule has 1 atom stereocenters. The van der Waals surface area contributed by atoms with E-state index in [1.54, 1.807) is 11.0 Å². The second kappa shape index (κ2) is 6.37. The van der Waals surface area contributed by atoms with Crippen LogP contribution in [-0.2, 0) is 0 Å². The molecule has 0 radical (unpaired) electrons. The van der Waals surface area contributed by atoms with Gasteiger partial charge in [-0.15, -0.1) is 0 Å². The topological polar surface area (TPSA) is 29.5 Å². The Kier molecular flexibility index (Phi) is 4.80. The normalized spacial score (nSPS) is 19.3. The van der Waals surface area contributed by atoms with Crippen LogP contribution in [0.4, 0.5) is 4.39 Å². The lowest BCUT2D eigenvalue weighted by molar-refractivity contribution is 0.0685. The predicted molar refractivity (Wildman–Crippen MR) is 75.4 cm³/mol. The van der Waals surface area contributed by atoms with Crippen LogP contribution in [0.2, 0.25) is 0 Å². The fraction of sp³-hybridized carbons (Fsp3) is 0.500. The van der Waals surface area contributed by atoms with Crippen molar-refractivity contribution in [2.45, 2.75) is 12.8 Å². The van der Waals surface area contributed by atoms with E-state index < -0.39 is 5.82 Å². The molecule has 1 aromatic rings. The van der Waals surface area contributed by atoms with Gasteiger partial charge in [0.05, 0.1) is 7.11 Å². The maximum Gasteiger partial charge on any atom is 0.253 e. The SMILES string of the molecule is COc1ccc(C(=O)N2CCCC(CBr)C2)cc1F. The van der Waals surface area contributed by atoms with Gasteiger partial charge in [0.15, 0.2) is 11.6 Å². The quantitative estimate of drug-likeness (QED) is 0.797. The predicted octanol–water partition coefficient (Wildman–Crippen LogP) is 3.08. The molecule has 1 fully saturated rings. The minimum Gasteiger partial charge on any atom is -0.494 e. The van der Waals surface area contributed by atoms with Gasteiger partial charge >= 0.3 is 0 Å². The van der Waals surface area contributed by atoms with Crippen LogP contribution in [0.5, 0.6) is 5.75 Å². The van der Waals surface area contributed by atoms with Crippen LogP contribution >= 0.6 is 15.9 Å². The molecule has 1 aromatic carbocycles. The number of carbonyl (C=O) groups is 1. The van der Waals surface area contributed by atoms with E-state index in [9.17, 15) is 9.18 Å². The molecule has 0 spiro atoms. The van der Waals surface area contributed by atoms with Crippen LogP contribution in [0.25, 0.3) is 0 Å². The van der Waals surface area contributed by atoms with Crippen LogP contribution in [0, 0.1) is 11.7 Å². The highest BCUT2D eigenvalue weighted by molar-refractivity contribution is 9.09. The van der Waals surface area contributed by atoms with Crippen molar-refractivity contribution < 1.29 is 13.9 Å². The fourth-order valence-electron chi connectivity index (χ4n) is 2.36. The molecular weight excluding hydrogens is 313 g/mol.